The molecule has 6 nitrogen and oxygen atoms in total. The van der Waals surface area contributed by atoms with E-state index in [-0.39, 0.29) is 29.0 Å². The van der Waals surface area contributed by atoms with Gasteiger partial charge in [0.1, 0.15) is 12.4 Å². The Morgan fingerprint density at radius 3 is 2.63 bits per heavy atom. The van der Waals surface area contributed by atoms with Gasteiger partial charge in [0.2, 0.25) is 11.8 Å². The molecule has 1 N–H and O–H groups in total. The van der Waals surface area contributed by atoms with Crippen LogP contribution in [0.1, 0.15) is 66.6 Å². The zero-order valence-electron chi connectivity index (χ0n) is 21.3. The van der Waals surface area contributed by atoms with Crippen LogP contribution >= 0.6 is 23.1 Å². The van der Waals surface area contributed by atoms with Crippen molar-refractivity contribution in [2.24, 2.45) is 0 Å². The fourth-order valence-electron chi connectivity index (χ4n) is 4.41. The van der Waals surface area contributed by atoms with Crippen molar-refractivity contribution in [2.45, 2.75) is 58.6 Å². The van der Waals surface area contributed by atoms with Crippen LogP contribution in [0.2, 0.25) is 0 Å². The first-order valence-corrected chi connectivity index (χ1v) is 14.0. The number of rotatable bonds is 6. The van der Waals surface area contributed by atoms with Crippen molar-refractivity contribution in [1.29, 1.82) is 0 Å². The molecule has 1 aliphatic rings. The van der Waals surface area contributed by atoms with E-state index in [0.717, 1.165) is 28.9 Å². The fourth-order valence-corrected chi connectivity index (χ4v) is 6.59. The van der Waals surface area contributed by atoms with Crippen molar-refractivity contribution in [1.82, 2.24) is 15.1 Å². The van der Waals surface area contributed by atoms with Gasteiger partial charge >= 0.3 is 0 Å². The van der Waals surface area contributed by atoms with Gasteiger partial charge in [-0.2, -0.15) is 5.10 Å². The molecule has 0 saturated carbocycles. The van der Waals surface area contributed by atoms with Crippen LogP contribution in [0, 0.1) is 13.8 Å². The second-order valence-corrected chi connectivity index (χ2v) is 12.1. The summed E-state index contributed by atoms with van der Waals surface area (Å²) in [7, 11) is 0. The lowest BCUT2D eigenvalue weighted by Crippen LogP contribution is -2.42. The molecule has 4 rings (SSSR count). The fraction of sp³-hybridized carbons (Fsp3) is 0.444. The predicted octanol–water partition coefficient (Wildman–Crippen LogP) is 5.54. The highest BCUT2D eigenvalue weighted by molar-refractivity contribution is 8.00. The Morgan fingerprint density at radius 1 is 1.23 bits per heavy atom. The number of carbonyl (C=O) groups excluding carboxylic acids is 2. The molecule has 0 spiro atoms. The topological polar surface area (TPSA) is 67.2 Å². The van der Waals surface area contributed by atoms with E-state index in [2.05, 4.69) is 69.6 Å². The van der Waals surface area contributed by atoms with Crippen LogP contribution in [0.4, 0.5) is 5.82 Å². The Labute approximate surface area is 216 Å². The summed E-state index contributed by atoms with van der Waals surface area (Å²) in [6, 6.07) is 10.4. The molecule has 0 fully saturated rings. The summed E-state index contributed by atoms with van der Waals surface area (Å²) < 4.78 is 1.90. The molecule has 0 radical (unpaired) electrons. The van der Waals surface area contributed by atoms with Gasteiger partial charge in [0, 0.05) is 22.4 Å². The van der Waals surface area contributed by atoms with Gasteiger partial charge in [-0.3, -0.25) is 14.5 Å². The van der Waals surface area contributed by atoms with E-state index in [1.165, 1.54) is 10.4 Å². The number of aryl methyl sites for hydroxylation is 2. The Morgan fingerprint density at radius 2 is 2.00 bits per heavy atom. The van der Waals surface area contributed by atoms with Crippen molar-refractivity contribution in [2.75, 3.05) is 23.7 Å². The molecular weight excluding hydrogens is 476 g/mol. The lowest BCUT2D eigenvalue weighted by Gasteiger charge is -2.24. The number of aromatic nitrogens is 2. The van der Waals surface area contributed by atoms with E-state index in [4.69, 9.17) is 5.10 Å². The number of nitrogens with zero attached hydrogens (tertiary/aromatic N) is 3. The third-order valence-corrected chi connectivity index (χ3v) is 8.38. The summed E-state index contributed by atoms with van der Waals surface area (Å²) in [6.07, 6.45) is 0.843. The van der Waals surface area contributed by atoms with Crippen molar-refractivity contribution in [3.8, 4) is 5.69 Å². The van der Waals surface area contributed by atoms with Gasteiger partial charge in [-0.1, -0.05) is 51.5 Å². The summed E-state index contributed by atoms with van der Waals surface area (Å²) >= 11 is 3.31. The van der Waals surface area contributed by atoms with E-state index < -0.39 is 0 Å². The molecule has 8 heteroatoms. The van der Waals surface area contributed by atoms with Crippen LogP contribution < -0.4 is 10.2 Å². The molecule has 3 heterocycles. The predicted molar refractivity (Wildman–Crippen MR) is 146 cm³/mol. The highest BCUT2D eigenvalue weighted by Crippen LogP contribution is 2.49. The van der Waals surface area contributed by atoms with Gasteiger partial charge < -0.3 is 5.32 Å². The molecule has 2 amide bonds. The third-order valence-electron chi connectivity index (χ3n) is 6.06. The summed E-state index contributed by atoms with van der Waals surface area (Å²) in [6.45, 7) is 13.2. The molecule has 2 aromatic heterocycles. The number of nitrogens with one attached hydrogen (secondary N) is 1. The maximum Gasteiger partial charge on any atom is 0.240 e. The number of hydrogen-bond acceptors (Lipinski definition) is 5. The average molecular weight is 511 g/mol. The lowest BCUT2D eigenvalue weighted by atomic mass is 9.88. The molecule has 1 aromatic carbocycles. The number of carbonyl (C=O) groups is 2. The highest BCUT2D eigenvalue weighted by Gasteiger charge is 2.40. The van der Waals surface area contributed by atoms with Crippen LogP contribution in [-0.4, -0.2) is 40.4 Å². The van der Waals surface area contributed by atoms with Gasteiger partial charge in [-0.25, -0.2) is 4.68 Å². The second-order valence-electron chi connectivity index (χ2n) is 10.1. The first-order valence-electron chi connectivity index (χ1n) is 12.0. The normalized spacial score (nSPS) is 16.2. The Hall–Kier alpha value is -2.58. The second kappa shape index (κ2) is 10.2. The minimum Gasteiger partial charge on any atom is -0.355 e. The quantitative estimate of drug-likeness (QED) is 0.473. The van der Waals surface area contributed by atoms with Gasteiger partial charge in [0.15, 0.2) is 0 Å². The summed E-state index contributed by atoms with van der Waals surface area (Å²) in [5.74, 6) is 0.779. The minimum atomic E-state index is -0.256. The van der Waals surface area contributed by atoms with Gasteiger partial charge in [-0.05, 0) is 43.3 Å². The first-order chi connectivity index (χ1) is 16.6. The first kappa shape index (κ1) is 25.5. The molecule has 1 aliphatic heterocycles. The number of thiophene rings is 1. The van der Waals surface area contributed by atoms with E-state index in [1.54, 1.807) is 28.0 Å². The molecule has 0 saturated heterocycles. The Balaban J connectivity index is 2.00. The zero-order valence-corrected chi connectivity index (χ0v) is 23.0. The molecule has 35 heavy (non-hydrogen) atoms. The monoisotopic (exact) mass is 510 g/mol. The van der Waals surface area contributed by atoms with Gasteiger partial charge in [0.25, 0.3) is 0 Å². The number of anilines is 1. The van der Waals surface area contributed by atoms with E-state index in [0.29, 0.717) is 18.1 Å². The summed E-state index contributed by atoms with van der Waals surface area (Å²) in [4.78, 5) is 29.3. The number of thioether (sulfide) groups is 1. The van der Waals surface area contributed by atoms with Crippen LogP contribution in [0.5, 0.6) is 0 Å². The highest BCUT2D eigenvalue weighted by atomic mass is 32.2. The van der Waals surface area contributed by atoms with E-state index in [1.807, 2.05) is 17.7 Å². The lowest BCUT2D eigenvalue weighted by molar-refractivity contribution is -0.122. The molecule has 186 valence electrons. The zero-order chi connectivity index (χ0) is 25.3. The maximum absolute atomic E-state index is 13.6. The standard InChI is InChI=1S/C27H34N4O2S2/c1-7-12-28-21(32)15-30-22(33)16-35-24(20-9-8-13-34-20)23-25(27(4,5)6)29-31(26(23)30)19-11-10-17(2)14-18(19)3/h8-11,13-14,24H,7,12,15-16H2,1-6H3,(H,28,32)/t24-/m0/s1. The largest absolute Gasteiger partial charge is 0.355 e. The summed E-state index contributed by atoms with van der Waals surface area (Å²) in [5, 5.41) is 10.1. The van der Waals surface area contributed by atoms with Crippen molar-refractivity contribution < 1.29 is 9.59 Å². The van der Waals surface area contributed by atoms with Crippen LogP contribution in [0.3, 0.4) is 0 Å². The Kier molecular flexibility index (Phi) is 7.43. The number of hydrogen-bond donors (Lipinski definition) is 1. The van der Waals surface area contributed by atoms with E-state index in [9.17, 15) is 9.59 Å². The van der Waals surface area contributed by atoms with E-state index >= 15 is 0 Å². The number of benzene rings is 1. The molecule has 3 aromatic rings. The molecule has 1 atom stereocenters. The van der Waals surface area contributed by atoms with Gasteiger partial charge in [0.05, 0.1) is 22.4 Å². The van der Waals surface area contributed by atoms with Crippen LogP contribution in [0.25, 0.3) is 5.69 Å². The van der Waals surface area contributed by atoms with Crippen LogP contribution in [0.15, 0.2) is 35.7 Å². The average Bonchev–Trinajstić information content (AvgIpc) is 3.42. The van der Waals surface area contributed by atoms with Gasteiger partial charge in [-0.15, -0.1) is 23.1 Å². The summed E-state index contributed by atoms with van der Waals surface area (Å²) in [5.41, 5.74) is 4.88. The van der Waals surface area contributed by atoms with Crippen molar-refractivity contribution in [3.05, 3.63) is 63.0 Å². The maximum atomic E-state index is 13.6. The van der Waals surface area contributed by atoms with Crippen molar-refractivity contribution >= 4 is 40.7 Å². The molecule has 0 aliphatic carbocycles. The molecule has 0 unspecified atom stereocenters. The third kappa shape index (κ3) is 5.19. The molecule has 0 bridgehead atoms. The van der Waals surface area contributed by atoms with Crippen LogP contribution in [-0.2, 0) is 15.0 Å². The minimum absolute atomic E-state index is 0.0241. The SMILES string of the molecule is CCCNC(=O)CN1C(=O)CS[C@@H](c2cccs2)c2c(C(C)(C)C)nn(-c3ccc(C)cc3C)c21. The van der Waals surface area contributed by atoms with Crippen molar-refractivity contribution in [3.63, 3.8) is 0 Å². The number of amides is 2. The number of fused-ring (bicyclic) bond motifs is 1. The smallest absolute Gasteiger partial charge is 0.240 e. The Bertz CT molecular complexity index is 1220. The molecular formula is C27H34N4O2S2.